The Kier molecular flexibility index (Phi) is 5.01. The smallest absolute Gasteiger partial charge is 0.246 e. The molecule has 0 unspecified atom stereocenters. The predicted octanol–water partition coefficient (Wildman–Crippen LogP) is 0.304. The highest BCUT2D eigenvalue weighted by atomic mass is 32.2. The maximum absolute atomic E-state index is 13.5. The molecule has 0 aromatic heterocycles. The summed E-state index contributed by atoms with van der Waals surface area (Å²) in [6.07, 6.45) is 0. The zero-order valence-corrected chi connectivity index (χ0v) is 11.8. The molecular formula is C11H15F2N3O3S. The second kappa shape index (κ2) is 6.14. The van der Waals surface area contributed by atoms with Crippen molar-refractivity contribution in [3.05, 3.63) is 23.8 Å². The van der Waals surface area contributed by atoms with E-state index < -0.39 is 39.0 Å². The number of hydrogen-bond donors (Lipinski definition) is 2. The van der Waals surface area contributed by atoms with Crippen molar-refractivity contribution >= 4 is 21.6 Å². The Balaban J connectivity index is 2.99. The molecule has 1 amide bonds. The lowest BCUT2D eigenvalue weighted by atomic mass is 10.3. The first-order chi connectivity index (χ1) is 9.19. The van der Waals surface area contributed by atoms with Gasteiger partial charge in [0.15, 0.2) is 4.90 Å². The van der Waals surface area contributed by atoms with Crippen LogP contribution < -0.4 is 10.5 Å². The van der Waals surface area contributed by atoms with Crippen LogP contribution in [0.25, 0.3) is 0 Å². The van der Waals surface area contributed by atoms with Crippen LogP contribution in [0.2, 0.25) is 0 Å². The van der Waals surface area contributed by atoms with Gasteiger partial charge in [-0.05, 0) is 19.1 Å². The summed E-state index contributed by atoms with van der Waals surface area (Å²) >= 11 is 0. The summed E-state index contributed by atoms with van der Waals surface area (Å²) in [5.41, 5.74) is 4.96. The largest absolute Gasteiger partial charge is 0.399 e. The highest BCUT2D eigenvalue weighted by molar-refractivity contribution is 7.89. The Morgan fingerprint density at radius 3 is 2.30 bits per heavy atom. The van der Waals surface area contributed by atoms with Crippen LogP contribution in [0.15, 0.2) is 17.0 Å². The number of likely N-dealkylation sites (N-methyl/N-ethyl adjacent to an activating group) is 1. The Morgan fingerprint density at radius 2 is 1.85 bits per heavy atom. The summed E-state index contributed by atoms with van der Waals surface area (Å²) in [6.45, 7) is 1.49. The second-order valence-electron chi connectivity index (χ2n) is 4.05. The predicted molar refractivity (Wildman–Crippen MR) is 69.3 cm³/mol. The molecule has 0 spiro atoms. The van der Waals surface area contributed by atoms with Crippen molar-refractivity contribution in [2.75, 3.05) is 25.9 Å². The van der Waals surface area contributed by atoms with Crippen molar-refractivity contribution in [2.24, 2.45) is 0 Å². The molecule has 1 aromatic rings. The van der Waals surface area contributed by atoms with Gasteiger partial charge in [0.25, 0.3) is 0 Å². The van der Waals surface area contributed by atoms with Crippen LogP contribution in [0.3, 0.4) is 0 Å². The molecule has 0 bridgehead atoms. The number of nitrogens with two attached hydrogens (primary N) is 1. The molecule has 112 valence electrons. The summed E-state index contributed by atoms with van der Waals surface area (Å²) in [5.74, 6) is -3.15. The monoisotopic (exact) mass is 307 g/mol. The van der Waals surface area contributed by atoms with Gasteiger partial charge in [-0.3, -0.25) is 4.79 Å². The highest BCUT2D eigenvalue weighted by Gasteiger charge is 2.25. The number of carbonyl (C=O) groups excluding carboxylic acids is 1. The van der Waals surface area contributed by atoms with Gasteiger partial charge in [0.1, 0.15) is 11.6 Å². The summed E-state index contributed by atoms with van der Waals surface area (Å²) in [6, 6.07) is 1.38. The van der Waals surface area contributed by atoms with Crippen LogP contribution in [0.4, 0.5) is 14.5 Å². The van der Waals surface area contributed by atoms with E-state index in [4.69, 9.17) is 5.73 Å². The number of nitrogen functional groups attached to an aromatic ring is 1. The number of hydrogen-bond acceptors (Lipinski definition) is 4. The molecule has 3 N–H and O–H groups in total. The molecule has 0 aliphatic heterocycles. The zero-order chi connectivity index (χ0) is 15.5. The van der Waals surface area contributed by atoms with E-state index >= 15 is 0 Å². The lowest BCUT2D eigenvalue weighted by molar-refractivity contribution is -0.128. The maximum atomic E-state index is 13.5. The molecule has 0 aliphatic carbocycles. The number of halogens is 2. The van der Waals surface area contributed by atoms with E-state index in [1.54, 1.807) is 6.92 Å². The summed E-state index contributed by atoms with van der Waals surface area (Å²) in [7, 11) is -3.01. The average Bonchev–Trinajstić information content (AvgIpc) is 2.33. The van der Waals surface area contributed by atoms with E-state index in [1.807, 2.05) is 4.72 Å². The molecule has 6 nitrogen and oxygen atoms in total. The van der Waals surface area contributed by atoms with Gasteiger partial charge in [-0.2, -0.15) is 0 Å². The topological polar surface area (TPSA) is 92.5 Å². The minimum absolute atomic E-state index is 0.235. The molecule has 0 fully saturated rings. The number of carbonyl (C=O) groups is 1. The van der Waals surface area contributed by atoms with E-state index in [2.05, 4.69) is 0 Å². The molecule has 0 saturated carbocycles. The normalized spacial score (nSPS) is 11.4. The van der Waals surface area contributed by atoms with Gasteiger partial charge < -0.3 is 10.6 Å². The first-order valence-electron chi connectivity index (χ1n) is 5.67. The first-order valence-corrected chi connectivity index (χ1v) is 7.15. The van der Waals surface area contributed by atoms with Crippen molar-refractivity contribution in [3.63, 3.8) is 0 Å². The number of nitrogens with one attached hydrogen (secondary N) is 1. The lowest BCUT2D eigenvalue weighted by Crippen LogP contribution is -2.38. The first kappa shape index (κ1) is 16.3. The van der Waals surface area contributed by atoms with Crippen molar-refractivity contribution in [3.8, 4) is 0 Å². The third-order valence-corrected chi connectivity index (χ3v) is 4.05. The summed E-state index contributed by atoms with van der Waals surface area (Å²) < 4.78 is 52.5. The lowest BCUT2D eigenvalue weighted by Gasteiger charge is -2.15. The second-order valence-corrected chi connectivity index (χ2v) is 5.75. The minimum atomic E-state index is -4.48. The summed E-state index contributed by atoms with van der Waals surface area (Å²) in [4.78, 5) is 11.6. The van der Waals surface area contributed by atoms with E-state index in [1.165, 1.54) is 11.9 Å². The quantitative estimate of drug-likeness (QED) is 0.765. The fourth-order valence-corrected chi connectivity index (χ4v) is 2.47. The third kappa shape index (κ3) is 3.64. The number of nitrogens with zero attached hydrogens (tertiary/aromatic N) is 1. The van der Waals surface area contributed by atoms with Gasteiger partial charge in [-0.25, -0.2) is 21.9 Å². The molecule has 0 saturated heterocycles. The van der Waals surface area contributed by atoms with Gasteiger partial charge in [-0.1, -0.05) is 0 Å². The van der Waals surface area contributed by atoms with E-state index in [9.17, 15) is 22.0 Å². The Labute approximate surface area is 115 Å². The van der Waals surface area contributed by atoms with Crippen LogP contribution in [-0.2, 0) is 14.8 Å². The standard InChI is InChI=1S/C11H15F2N3O3S/c1-3-16(2)10(17)6-15-20(18,19)11-8(12)4-7(14)5-9(11)13/h4-5,15H,3,6,14H2,1-2H3. The number of benzene rings is 1. The molecule has 1 rings (SSSR count). The van der Waals surface area contributed by atoms with Gasteiger partial charge >= 0.3 is 0 Å². The van der Waals surface area contributed by atoms with Gasteiger partial charge in [-0.15, -0.1) is 0 Å². The average molecular weight is 307 g/mol. The fraction of sp³-hybridized carbons (Fsp3) is 0.364. The molecule has 0 aliphatic rings. The molecule has 9 heteroatoms. The van der Waals surface area contributed by atoms with Gasteiger partial charge in [0.2, 0.25) is 15.9 Å². The van der Waals surface area contributed by atoms with E-state index in [-0.39, 0.29) is 5.69 Å². The molecule has 0 atom stereocenters. The number of sulfonamides is 1. The van der Waals surface area contributed by atoms with Crippen molar-refractivity contribution in [2.45, 2.75) is 11.8 Å². The maximum Gasteiger partial charge on any atom is 0.246 e. The van der Waals surface area contributed by atoms with Crippen LogP contribution in [0, 0.1) is 11.6 Å². The van der Waals surface area contributed by atoms with Crippen molar-refractivity contribution in [1.82, 2.24) is 9.62 Å². The molecule has 1 aromatic carbocycles. The van der Waals surface area contributed by atoms with E-state index in [0.717, 1.165) is 0 Å². The van der Waals surface area contributed by atoms with Gasteiger partial charge in [0, 0.05) is 19.3 Å². The van der Waals surface area contributed by atoms with E-state index in [0.29, 0.717) is 18.7 Å². The van der Waals surface area contributed by atoms with Gasteiger partial charge in [0.05, 0.1) is 6.54 Å². The zero-order valence-electron chi connectivity index (χ0n) is 11.0. The fourth-order valence-electron chi connectivity index (χ4n) is 1.38. The Morgan fingerprint density at radius 1 is 1.35 bits per heavy atom. The number of amides is 1. The third-order valence-electron chi connectivity index (χ3n) is 2.60. The minimum Gasteiger partial charge on any atom is -0.399 e. The number of anilines is 1. The highest BCUT2D eigenvalue weighted by Crippen LogP contribution is 2.21. The molecule has 0 heterocycles. The molecule has 20 heavy (non-hydrogen) atoms. The van der Waals surface area contributed by atoms with Crippen molar-refractivity contribution < 1.29 is 22.0 Å². The van der Waals surface area contributed by atoms with Crippen LogP contribution in [0.1, 0.15) is 6.92 Å². The Hall–Kier alpha value is -1.74. The van der Waals surface area contributed by atoms with Crippen LogP contribution in [-0.4, -0.2) is 39.4 Å². The Bertz CT molecular complexity index is 596. The SMILES string of the molecule is CCN(C)C(=O)CNS(=O)(=O)c1c(F)cc(N)cc1F. The van der Waals surface area contributed by atoms with Crippen molar-refractivity contribution in [1.29, 1.82) is 0 Å². The van der Waals surface area contributed by atoms with Crippen LogP contribution >= 0.6 is 0 Å². The summed E-state index contributed by atoms with van der Waals surface area (Å²) in [5, 5.41) is 0. The van der Waals surface area contributed by atoms with Crippen LogP contribution in [0.5, 0.6) is 0 Å². The molecule has 0 radical (unpaired) electrons. The number of rotatable bonds is 5. The molecular weight excluding hydrogens is 292 g/mol.